The lowest BCUT2D eigenvalue weighted by molar-refractivity contribution is 0.531. The monoisotopic (exact) mass is 266 g/mol. The first-order valence-corrected chi connectivity index (χ1v) is 6.48. The van der Waals surface area contributed by atoms with Crippen LogP contribution in [0.4, 0.5) is 4.39 Å². The van der Waals surface area contributed by atoms with Gasteiger partial charge in [-0.15, -0.1) is 0 Å². The van der Waals surface area contributed by atoms with Crippen molar-refractivity contribution in [2.45, 2.75) is 12.5 Å². The third kappa shape index (κ3) is 2.06. The van der Waals surface area contributed by atoms with Crippen molar-refractivity contribution in [3.8, 4) is 0 Å². The van der Waals surface area contributed by atoms with Gasteiger partial charge in [-0.1, -0.05) is 30.3 Å². The van der Waals surface area contributed by atoms with Gasteiger partial charge in [0.1, 0.15) is 5.82 Å². The van der Waals surface area contributed by atoms with Gasteiger partial charge in [0.15, 0.2) is 0 Å². The molecule has 0 aliphatic heterocycles. The van der Waals surface area contributed by atoms with Crippen LogP contribution in [-0.4, -0.2) is 4.98 Å². The summed E-state index contributed by atoms with van der Waals surface area (Å²) in [5.74, 6) is -0.288. The van der Waals surface area contributed by atoms with Crippen molar-refractivity contribution >= 4 is 10.9 Å². The molecule has 0 saturated heterocycles. The highest BCUT2D eigenvalue weighted by atomic mass is 19.1. The standard InChI is InChI=1S/C17H15FN2/c1-17(19,14-6-2-3-7-15(14)18)13-8-9-16-12(11-13)5-4-10-20-16/h2-11H,19H2,1H3. The van der Waals surface area contributed by atoms with Gasteiger partial charge in [0.2, 0.25) is 0 Å². The zero-order valence-corrected chi connectivity index (χ0v) is 11.2. The third-order valence-electron chi connectivity index (χ3n) is 3.64. The van der Waals surface area contributed by atoms with Gasteiger partial charge in [0.05, 0.1) is 11.1 Å². The van der Waals surface area contributed by atoms with Gasteiger partial charge < -0.3 is 5.73 Å². The van der Waals surface area contributed by atoms with Gasteiger partial charge in [-0.05, 0) is 36.8 Å². The topological polar surface area (TPSA) is 38.9 Å². The number of pyridine rings is 1. The highest BCUT2D eigenvalue weighted by Crippen LogP contribution is 2.30. The second-order valence-corrected chi connectivity index (χ2v) is 5.09. The minimum atomic E-state index is -0.880. The quantitative estimate of drug-likeness (QED) is 0.769. The third-order valence-corrected chi connectivity index (χ3v) is 3.64. The normalized spacial score (nSPS) is 14.2. The molecule has 2 aromatic carbocycles. The van der Waals surface area contributed by atoms with Crippen LogP contribution in [0.2, 0.25) is 0 Å². The van der Waals surface area contributed by atoms with Crippen molar-refractivity contribution in [2.75, 3.05) is 0 Å². The fraction of sp³-hybridized carbons (Fsp3) is 0.118. The molecular formula is C17H15FN2. The van der Waals surface area contributed by atoms with E-state index in [2.05, 4.69) is 4.98 Å². The van der Waals surface area contributed by atoms with Gasteiger partial charge in [-0.25, -0.2) is 4.39 Å². The zero-order valence-electron chi connectivity index (χ0n) is 11.2. The van der Waals surface area contributed by atoms with Crippen LogP contribution >= 0.6 is 0 Å². The van der Waals surface area contributed by atoms with Crippen molar-refractivity contribution in [2.24, 2.45) is 5.73 Å². The summed E-state index contributed by atoms with van der Waals surface area (Å²) in [5.41, 5.74) is 7.77. The smallest absolute Gasteiger partial charge is 0.128 e. The summed E-state index contributed by atoms with van der Waals surface area (Å²) < 4.78 is 14.0. The lowest BCUT2D eigenvalue weighted by Crippen LogP contribution is -2.35. The Morgan fingerprint density at radius 1 is 1.05 bits per heavy atom. The maximum Gasteiger partial charge on any atom is 0.128 e. The SMILES string of the molecule is CC(N)(c1ccc2ncccc2c1)c1ccccc1F. The van der Waals surface area contributed by atoms with Gasteiger partial charge in [0.25, 0.3) is 0 Å². The molecule has 3 heteroatoms. The van der Waals surface area contributed by atoms with Crippen LogP contribution < -0.4 is 5.73 Å². The molecule has 3 aromatic rings. The molecule has 0 aliphatic carbocycles. The minimum absolute atomic E-state index is 0.288. The number of rotatable bonds is 2. The Balaban J connectivity index is 2.16. The summed E-state index contributed by atoms with van der Waals surface area (Å²) in [5, 5.41) is 0.998. The average Bonchev–Trinajstić information content (AvgIpc) is 2.47. The number of nitrogens with two attached hydrogens (primary N) is 1. The molecule has 0 saturated carbocycles. The summed E-state index contributed by atoms with van der Waals surface area (Å²) in [6, 6.07) is 16.3. The Bertz CT molecular complexity index is 766. The Morgan fingerprint density at radius 3 is 2.65 bits per heavy atom. The van der Waals surface area contributed by atoms with Gasteiger partial charge in [0, 0.05) is 17.1 Å². The number of fused-ring (bicyclic) bond motifs is 1. The number of benzene rings is 2. The van der Waals surface area contributed by atoms with Gasteiger partial charge in [-0.3, -0.25) is 4.98 Å². The van der Waals surface area contributed by atoms with E-state index in [-0.39, 0.29) is 5.82 Å². The lowest BCUT2D eigenvalue weighted by atomic mass is 9.85. The molecule has 0 spiro atoms. The fourth-order valence-electron chi connectivity index (χ4n) is 2.44. The van der Waals surface area contributed by atoms with E-state index in [1.54, 1.807) is 24.4 Å². The van der Waals surface area contributed by atoms with E-state index in [1.807, 2.05) is 37.3 Å². The molecule has 100 valence electrons. The average molecular weight is 266 g/mol. The Morgan fingerprint density at radius 2 is 1.85 bits per heavy atom. The summed E-state index contributed by atoms with van der Waals surface area (Å²) in [6.07, 6.45) is 1.75. The van der Waals surface area contributed by atoms with E-state index >= 15 is 0 Å². The van der Waals surface area contributed by atoms with Crippen molar-refractivity contribution in [1.29, 1.82) is 0 Å². The van der Waals surface area contributed by atoms with E-state index < -0.39 is 5.54 Å². The second kappa shape index (κ2) is 4.69. The zero-order chi connectivity index (χ0) is 14.2. The molecular weight excluding hydrogens is 251 g/mol. The van der Waals surface area contributed by atoms with E-state index in [0.717, 1.165) is 16.5 Å². The molecule has 1 unspecified atom stereocenters. The van der Waals surface area contributed by atoms with Crippen LogP contribution in [-0.2, 0) is 5.54 Å². The largest absolute Gasteiger partial charge is 0.318 e. The first kappa shape index (κ1) is 12.8. The van der Waals surface area contributed by atoms with Crippen LogP contribution in [0.3, 0.4) is 0 Å². The lowest BCUT2D eigenvalue weighted by Gasteiger charge is -2.26. The Kier molecular flexibility index (Phi) is 2.99. The predicted molar refractivity (Wildman–Crippen MR) is 78.8 cm³/mol. The molecule has 1 atom stereocenters. The van der Waals surface area contributed by atoms with Crippen LogP contribution in [0.25, 0.3) is 10.9 Å². The molecule has 3 rings (SSSR count). The number of aromatic nitrogens is 1. The van der Waals surface area contributed by atoms with Crippen LogP contribution in [0.15, 0.2) is 60.8 Å². The summed E-state index contributed by atoms with van der Waals surface area (Å²) in [6.45, 7) is 1.82. The second-order valence-electron chi connectivity index (χ2n) is 5.09. The van der Waals surface area contributed by atoms with E-state index in [4.69, 9.17) is 5.73 Å². The molecule has 0 fully saturated rings. The molecule has 0 aliphatic rings. The van der Waals surface area contributed by atoms with Crippen LogP contribution in [0.5, 0.6) is 0 Å². The van der Waals surface area contributed by atoms with Gasteiger partial charge >= 0.3 is 0 Å². The maximum absolute atomic E-state index is 14.0. The fourth-order valence-corrected chi connectivity index (χ4v) is 2.44. The Labute approximate surface area is 117 Å². The molecule has 2 N–H and O–H groups in total. The van der Waals surface area contributed by atoms with E-state index in [1.165, 1.54) is 6.07 Å². The molecule has 1 aromatic heterocycles. The Hall–Kier alpha value is -2.26. The molecule has 0 radical (unpaired) electrons. The minimum Gasteiger partial charge on any atom is -0.318 e. The molecule has 0 bridgehead atoms. The van der Waals surface area contributed by atoms with Crippen molar-refractivity contribution in [1.82, 2.24) is 4.98 Å². The summed E-state index contributed by atoms with van der Waals surface area (Å²) in [7, 11) is 0. The summed E-state index contributed by atoms with van der Waals surface area (Å²) in [4.78, 5) is 4.28. The predicted octanol–water partition coefficient (Wildman–Crippen LogP) is 3.60. The molecule has 0 amide bonds. The molecule has 2 nitrogen and oxygen atoms in total. The van der Waals surface area contributed by atoms with E-state index in [0.29, 0.717) is 5.56 Å². The van der Waals surface area contributed by atoms with Gasteiger partial charge in [-0.2, -0.15) is 0 Å². The molecule has 20 heavy (non-hydrogen) atoms. The number of hydrogen-bond acceptors (Lipinski definition) is 2. The molecule has 1 heterocycles. The van der Waals surface area contributed by atoms with Crippen molar-refractivity contribution < 1.29 is 4.39 Å². The number of halogens is 1. The summed E-state index contributed by atoms with van der Waals surface area (Å²) >= 11 is 0. The van der Waals surface area contributed by atoms with E-state index in [9.17, 15) is 4.39 Å². The number of nitrogens with zero attached hydrogens (tertiary/aromatic N) is 1. The number of hydrogen-bond donors (Lipinski definition) is 1. The van der Waals surface area contributed by atoms with Crippen LogP contribution in [0, 0.1) is 5.82 Å². The van der Waals surface area contributed by atoms with Crippen molar-refractivity contribution in [3.63, 3.8) is 0 Å². The first-order valence-electron chi connectivity index (χ1n) is 6.48. The highest BCUT2D eigenvalue weighted by molar-refractivity contribution is 5.79. The van der Waals surface area contributed by atoms with Crippen molar-refractivity contribution in [3.05, 3.63) is 77.7 Å². The highest BCUT2D eigenvalue weighted by Gasteiger charge is 2.26. The maximum atomic E-state index is 14.0. The van der Waals surface area contributed by atoms with Crippen LogP contribution in [0.1, 0.15) is 18.1 Å². The first-order chi connectivity index (χ1) is 9.59.